The third-order valence-corrected chi connectivity index (χ3v) is 4.08. The fourth-order valence-electron chi connectivity index (χ4n) is 2.65. The number of hydrogen-bond donors (Lipinski definition) is 2. The van der Waals surface area contributed by atoms with Gasteiger partial charge in [0, 0.05) is 10.8 Å². The molecule has 122 valence electrons. The second kappa shape index (κ2) is 6.47. The second-order valence-electron chi connectivity index (χ2n) is 5.57. The van der Waals surface area contributed by atoms with Gasteiger partial charge in [-0.25, -0.2) is 4.68 Å². The summed E-state index contributed by atoms with van der Waals surface area (Å²) in [5.41, 5.74) is 0.873. The van der Waals surface area contributed by atoms with Crippen molar-refractivity contribution in [2.24, 2.45) is 0 Å². The van der Waals surface area contributed by atoms with E-state index in [9.17, 15) is 14.8 Å². The molecule has 0 radical (unpaired) electrons. The van der Waals surface area contributed by atoms with Crippen LogP contribution in [0.5, 0.6) is 5.75 Å². The molecule has 0 saturated carbocycles. The number of hydrogen-bond acceptors (Lipinski definition) is 5. The molecule has 0 unspecified atom stereocenters. The van der Waals surface area contributed by atoms with E-state index in [0.29, 0.717) is 16.5 Å². The molecule has 0 bridgehead atoms. The maximum atomic E-state index is 12.8. The first-order valence-corrected chi connectivity index (χ1v) is 7.53. The van der Waals surface area contributed by atoms with Crippen molar-refractivity contribution in [1.82, 2.24) is 9.78 Å². The van der Waals surface area contributed by atoms with E-state index < -0.39 is 7.12 Å². The molecule has 0 spiro atoms. The van der Waals surface area contributed by atoms with Crippen molar-refractivity contribution < 1.29 is 14.8 Å². The summed E-state index contributed by atoms with van der Waals surface area (Å²) in [6.45, 7) is 1.87. The Labute approximate surface area is 139 Å². The van der Waals surface area contributed by atoms with Crippen molar-refractivity contribution in [1.29, 1.82) is 0 Å². The van der Waals surface area contributed by atoms with Gasteiger partial charge in [0.15, 0.2) is 0 Å². The van der Waals surface area contributed by atoms with E-state index in [0.717, 1.165) is 5.56 Å². The van der Waals surface area contributed by atoms with Crippen LogP contribution in [0.1, 0.15) is 18.5 Å². The van der Waals surface area contributed by atoms with Gasteiger partial charge < -0.3 is 14.8 Å². The maximum Gasteiger partial charge on any atom is 0.488 e. The molecule has 3 aromatic rings. The zero-order chi connectivity index (χ0) is 17.3. The van der Waals surface area contributed by atoms with E-state index in [1.165, 1.54) is 10.7 Å². The van der Waals surface area contributed by atoms with E-state index in [-0.39, 0.29) is 17.1 Å². The van der Waals surface area contributed by atoms with E-state index in [2.05, 4.69) is 5.10 Å². The number of ether oxygens (including phenoxy) is 1. The number of nitrogens with zero attached hydrogens (tertiary/aromatic N) is 2. The number of benzene rings is 2. The van der Waals surface area contributed by atoms with Gasteiger partial charge in [-0.2, -0.15) is 5.10 Å². The molecule has 0 fully saturated rings. The van der Waals surface area contributed by atoms with Gasteiger partial charge in [0.05, 0.1) is 19.3 Å². The molecule has 2 aromatic carbocycles. The molecule has 6 nitrogen and oxygen atoms in total. The summed E-state index contributed by atoms with van der Waals surface area (Å²) in [5, 5.41) is 23.9. The molecular formula is C17H17BN2O4. The Morgan fingerprint density at radius 3 is 2.71 bits per heavy atom. The zero-order valence-electron chi connectivity index (χ0n) is 13.4. The Bertz CT molecular complexity index is 939. The zero-order valence-corrected chi connectivity index (χ0v) is 13.4. The van der Waals surface area contributed by atoms with Gasteiger partial charge in [-0.3, -0.25) is 4.79 Å². The predicted molar refractivity (Wildman–Crippen MR) is 92.6 cm³/mol. The predicted octanol–water partition coefficient (Wildman–Crippen LogP) is 0.694. The fraction of sp³-hybridized carbons (Fsp3) is 0.176. The van der Waals surface area contributed by atoms with Crippen LogP contribution in [0, 0.1) is 0 Å². The van der Waals surface area contributed by atoms with Gasteiger partial charge >= 0.3 is 7.12 Å². The number of fused-ring (bicyclic) bond motifs is 1. The Hall–Kier alpha value is -2.64. The van der Waals surface area contributed by atoms with Crippen molar-refractivity contribution >= 4 is 23.4 Å². The molecule has 0 amide bonds. The Morgan fingerprint density at radius 1 is 1.21 bits per heavy atom. The Balaban J connectivity index is 2.11. The van der Waals surface area contributed by atoms with Gasteiger partial charge in [0.25, 0.3) is 5.56 Å². The summed E-state index contributed by atoms with van der Waals surface area (Å²) >= 11 is 0. The van der Waals surface area contributed by atoms with Crippen LogP contribution in [0.25, 0.3) is 10.8 Å². The SMILES string of the molecule is COc1cccc([C@@H](C)n2ncc3ccc(B(O)O)cc3c2=O)c1. The summed E-state index contributed by atoms with van der Waals surface area (Å²) in [5.74, 6) is 0.707. The van der Waals surface area contributed by atoms with Crippen molar-refractivity contribution in [3.05, 3.63) is 64.6 Å². The first kappa shape index (κ1) is 16.2. The van der Waals surface area contributed by atoms with Crippen molar-refractivity contribution in [2.45, 2.75) is 13.0 Å². The molecule has 0 aliphatic rings. The molecule has 7 heteroatoms. The monoisotopic (exact) mass is 324 g/mol. The number of aromatic nitrogens is 2. The fourth-order valence-corrected chi connectivity index (χ4v) is 2.65. The van der Waals surface area contributed by atoms with E-state index >= 15 is 0 Å². The van der Waals surface area contributed by atoms with Crippen LogP contribution in [0.15, 0.2) is 53.5 Å². The third kappa shape index (κ3) is 2.91. The first-order chi connectivity index (χ1) is 11.5. The minimum absolute atomic E-state index is 0.270. The Kier molecular flexibility index (Phi) is 4.37. The maximum absolute atomic E-state index is 12.8. The molecule has 1 heterocycles. The molecule has 24 heavy (non-hydrogen) atoms. The van der Waals surface area contributed by atoms with Gasteiger partial charge in [-0.05, 0) is 36.1 Å². The molecule has 3 rings (SSSR count). The topological polar surface area (TPSA) is 84.6 Å². The lowest BCUT2D eigenvalue weighted by atomic mass is 9.79. The first-order valence-electron chi connectivity index (χ1n) is 7.53. The lowest BCUT2D eigenvalue weighted by molar-refractivity contribution is 0.413. The summed E-state index contributed by atoms with van der Waals surface area (Å²) in [4.78, 5) is 12.8. The van der Waals surface area contributed by atoms with E-state index in [1.54, 1.807) is 25.4 Å². The highest BCUT2D eigenvalue weighted by molar-refractivity contribution is 6.58. The summed E-state index contributed by atoms with van der Waals surface area (Å²) in [6, 6.07) is 11.9. The average molecular weight is 324 g/mol. The molecular weight excluding hydrogens is 307 g/mol. The van der Waals surface area contributed by atoms with Gasteiger partial charge in [-0.15, -0.1) is 0 Å². The molecule has 1 aromatic heterocycles. The quantitative estimate of drug-likeness (QED) is 0.690. The lowest BCUT2D eigenvalue weighted by Gasteiger charge is -2.16. The van der Waals surface area contributed by atoms with Gasteiger partial charge in [0.2, 0.25) is 0 Å². The largest absolute Gasteiger partial charge is 0.497 e. The molecule has 0 aliphatic heterocycles. The molecule has 1 atom stereocenters. The van der Waals surface area contributed by atoms with Crippen LogP contribution < -0.4 is 15.8 Å². The normalized spacial score (nSPS) is 12.2. The number of methoxy groups -OCH3 is 1. The molecule has 0 aliphatic carbocycles. The van der Waals surface area contributed by atoms with Crippen molar-refractivity contribution in [3.8, 4) is 5.75 Å². The van der Waals surface area contributed by atoms with Crippen molar-refractivity contribution in [2.75, 3.05) is 7.11 Å². The van der Waals surface area contributed by atoms with Crippen LogP contribution >= 0.6 is 0 Å². The van der Waals surface area contributed by atoms with E-state index in [4.69, 9.17) is 4.74 Å². The van der Waals surface area contributed by atoms with Crippen molar-refractivity contribution in [3.63, 3.8) is 0 Å². The summed E-state index contributed by atoms with van der Waals surface area (Å²) < 4.78 is 6.60. The van der Waals surface area contributed by atoms with Gasteiger partial charge in [0.1, 0.15) is 5.75 Å². The van der Waals surface area contributed by atoms with Gasteiger partial charge in [-0.1, -0.05) is 24.3 Å². The van der Waals surface area contributed by atoms with Crippen LogP contribution in [0.2, 0.25) is 0 Å². The summed E-state index contributed by atoms with van der Waals surface area (Å²) in [6.07, 6.45) is 1.60. The highest BCUT2D eigenvalue weighted by atomic mass is 16.5. The van der Waals surface area contributed by atoms with Crippen LogP contribution in [0.3, 0.4) is 0 Å². The smallest absolute Gasteiger partial charge is 0.488 e. The van der Waals surface area contributed by atoms with Crippen LogP contribution in [0.4, 0.5) is 0 Å². The average Bonchev–Trinajstić information content (AvgIpc) is 2.61. The lowest BCUT2D eigenvalue weighted by Crippen LogP contribution is -2.32. The molecule has 2 N–H and O–H groups in total. The third-order valence-electron chi connectivity index (χ3n) is 4.08. The standard InChI is InChI=1S/C17H17BN2O4/c1-11(12-4-3-5-15(8-12)24-2)20-17(21)16-9-14(18(22)23)7-6-13(16)10-19-20/h3-11,22-23H,1-2H3/t11-/m1/s1. The minimum atomic E-state index is -1.62. The Morgan fingerprint density at radius 2 is 2.00 bits per heavy atom. The highest BCUT2D eigenvalue weighted by Gasteiger charge is 2.16. The second-order valence-corrected chi connectivity index (χ2v) is 5.57. The number of rotatable bonds is 4. The van der Waals surface area contributed by atoms with E-state index in [1.807, 2.05) is 31.2 Å². The van der Waals surface area contributed by atoms with Crippen LogP contribution in [-0.2, 0) is 0 Å². The summed E-state index contributed by atoms with van der Waals surface area (Å²) in [7, 11) is -0.0300. The molecule has 0 saturated heterocycles. The van der Waals surface area contributed by atoms with Crippen LogP contribution in [-0.4, -0.2) is 34.1 Å². The highest BCUT2D eigenvalue weighted by Crippen LogP contribution is 2.21. The minimum Gasteiger partial charge on any atom is -0.497 e.